The molecule has 2 unspecified atom stereocenters. The molecule has 51 heavy (non-hydrogen) atoms. The second-order valence-corrected chi connectivity index (χ2v) is 19.3. The number of likely N-dealkylation sites (tertiary alicyclic amines) is 1. The number of carbonyl (C=O) groups is 2. The molecule has 1 saturated heterocycles. The third kappa shape index (κ3) is 4.94. The van der Waals surface area contributed by atoms with E-state index < -0.39 is 0 Å². The van der Waals surface area contributed by atoms with Gasteiger partial charge in [0, 0.05) is 24.4 Å². The zero-order valence-electron chi connectivity index (χ0n) is 32.3. The lowest BCUT2D eigenvalue weighted by atomic mass is 9.32. The molecule has 1 aromatic carbocycles. The third-order valence-electron chi connectivity index (χ3n) is 17.0. The van der Waals surface area contributed by atoms with Crippen LogP contribution < -0.4 is 0 Å². The van der Waals surface area contributed by atoms with E-state index in [0.29, 0.717) is 47.2 Å². The number of hydrogen-bond donors (Lipinski definition) is 0. The molecule has 2 aromatic rings. The Kier molecular flexibility index (Phi) is 8.28. The molecule has 11 atom stereocenters. The van der Waals surface area contributed by atoms with Crippen molar-refractivity contribution in [2.24, 2.45) is 56.7 Å². The van der Waals surface area contributed by atoms with E-state index in [4.69, 9.17) is 14.2 Å². The van der Waals surface area contributed by atoms with Crippen LogP contribution in [-0.2, 0) is 14.3 Å². The molecule has 7 nitrogen and oxygen atoms in total. The van der Waals surface area contributed by atoms with Crippen LogP contribution >= 0.6 is 0 Å². The molecule has 1 aromatic heterocycles. The topological polar surface area (TPSA) is 85.5 Å². The molecule has 7 heteroatoms. The van der Waals surface area contributed by atoms with Gasteiger partial charge in [-0.2, -0.15) is 4.98 Å². The summed E-state index contributed by atoms with van der Waals surface area (Å²) in [5.74, 6) is 3.68. The molecule has 0 bridgehead atoms. The molecular formula is C44H61N3O4. The molecule has 0 radical (unpaired) electrons. The summed E-state index contributed by atoms with van der Waals surface area (Å²) in [6, 6.07) is 9.81. The number of fused-ring (bicyclic) bond motifs is 7. The Labute approximate surface area is 305 Å². The van der Waals surface area contributed by atoms with Crippen molar-refractivity contribution in [2.75, 3.05) is 6.54 Å². The van der Waals surface area contributed by atoms with Crippen molar-refractivity contribution in [3.05, 3.63) is 48.4 Å². The van der Waals surface area contributed by atoms with E-state index in [9.17, 15) is 4.79 Å². The normalized spacial score (nSPS) is 42.6. The summed E-state index contributed by atoms with van der Waals surface area (Å²) >= 11 is 0. The first kappa shape index (κ1) is 35.1. The zero-order chi connectivity index (χ0) is 36.1. The number of carbonyl (C=O) groups excluding carboxylic acids is 2. The van der Waals surface area contributed by atoms with Crippen molar-refractivity contribution in [3.63, 3.8) is 0 Å². The highest BCUT2D eigenvalue weighted by Gasteiger charge is 2.72. The molecule has 276 valence electrons. The Balaban J connectivity index is 1.11. The van der Waals surface area contributed by atoms with Crippen LogP contribution in [0, 0.1) is 56.7 Å². The van der Waals surface area contributed by atoms with Gasteiger partial charge in [0.25, 0.3) is 0 Å². The maximum Gasteiger partial charge on any atom is 0.302 e. The van der Waals surface area contributed by atoms with Gasteiger partial charge in [-0.05, 0) is 130 Å². The Bertz CT molecular complexity index is 1700. The van der Waals surface area contributed by atoms with Crippen molar-refractivity contribution in [1.29, 1.82) is 0 Å². The maximum absolute atomic E-state index is 15.4. The average molecular weight is 696 g/mol. The van der Waals surface area contributed by atoms with Crippen molar-refractivity contribution in [2.45, 2.75) is 138 Å². The van der Waals surface area contributed by atoms with Crippen LogP contribution in [0.5, 0.6) is 0 Å². The van der Waals surface area contributed by atoms with Gasteiger partial charge < -0.3 is 14.2 Å². The first-order chi connectivity index (χ1) is 24.2. The number of rotatable bonds is 5. The fourth-order valence-electron chi connectivity index (χ4n) is 14.5. The number of amides is 1. The summed E-state index contributed by atoms with van der Waals surface area (Å²) in [6.07, 6.45) is 12.8. The largest absolute Gasteiger partial charge is 0.462 e. The minimum atomic E-state index is -0.368. The monoisotopic (exact) mass is 695 g/mol. The van der Waals surface area contributed by atoms with Gasteiger partial charge in [-0.1, -0.05) is 82.3 Å². The average Bonchev–Trinajstić information content (AvgIpc) is 3.85. The van der Waals surface area contributed by atoms with Crippen LogP contribution in [0.15, 0.2) is 47.0 Å². The summed E-state index contributed by atoms with van der Waals surface area (Å²) < 4.78 is 11.9. The van der Waals surface area contributed by atoms with E-state index in [2.05, 4.69) is 58.2 Å². The highest BCUT2D eigenvalue weighted by atomic mass is 16.5. The molecule has 6 aliphatic rings. The van der Waals surface area contributed by atoms with Gasteiger partial charge in [-0.25, -0.2) is 0 Å². The van der Waals surface area contributed by atoms with E-state index in [1.165, 1.54) is 31.3 Å². The van der Waals surface area contributed by atoms with Crippen molar-refractivity contribution < 1.29 is 18.8 Å². The Morgan fingerprint density at radius 2 is 1.63 bits per heavy atom. The molecule has 5 saturated carbocycles. The quantitative estimate of drug-likeness (QED) is 0.229. The Hall–Kier alpha value is -2.96. The third-order valence-corrected chi connectivity index (χ3v) is 17.0. The molecule has 0 spiro atoms. The minimum absolute atomic E-state index is 0.00743. The summed E-state index contributed by atoms with van der Waals surface area (Å²) in [4.78, 5) is 34.5. The number of aromatic nitrogens is 2. The Morgan fingerprint density at radius 1 is 0.863 bits per heavy atom. The summed E-state index contributed by atoms with van der Waals surface area (Å²) in [7, 11) is 0. The number of nitrogens with zero attached hydrogens (tertiary/aromatic N) is 3. The first-order valence-corrected chi connectivity index (χ1v) is 20.2. The number of esters is 1. The maximum atomic E-state index is 15.4. The van der Waals surface area contributed by atoms with Crippen LogP contribution in [0.4, 0.5) is 0 Å². The lowest BCUT2D eigenvalue weighted by molar-refractivity contribution is -0.249. The molecule has 6 fully saturated rings. The number of allylic oxidation sites excluding steroid dienone is 1. The lowest BCUT2D eigenvalue weighted by Gasteiger charge is -2.73. The summed E-state index contributed by atoms with van der Waals surface area (Å²) in [5.41, 5.74) is 2.32. The molecule has 1 amide bonds. The predicted molar refractivity (Wildman–Crippen MR) is 198 cm³/mol. The predicted octanol–water partition coefficient (Wildman–Crippen LogP) is 9.99. The highest BCUT2D eigenvalue weighted by molar-refractivity contribution is 5.84. The summed E-state index contributed by atoms with van der Waals surface area (Å²) in [5, 5.41) is 4.35. The van der Waals surface area contributed by atoms with Gasteiger partial charge in [0.2, 0.25) is 17.6 Å². The van der Waals surface area contributed by atoms with Gasteiger partial charge in [-0.15, -0.1) is 0 Å². The lowest BCUT2D eigenvalue weighted by Crippen LogP contribution is -2.67. The van der Waals surface area contributed by atoms with Crippen molar-refractivity contribution >= 4 is 11.9 Å². The molecule has 1 aliphatic heterocycles. The van der Waals surface area contributed by atoms with E-state index in [1.54, 1.807) is 6.92 Å². The van der Waals surface area contributed by atoms with E-state index in [-0.39, 0.29) is 45.2 Å². The standard InChI is InChI=1S/C44H61N3O4/c1-27(2)30-18-23-44(39(49)47-26-12-15-32(47)38-45-37(46-51-38)29-13-10-9-11-14-29)25-24-42(7)31(36(30)44)16-17-34-41(6)21-20-35(50-28(3)48)40(4,5)33(41)19-22-43(34,42)8/h9-11,13-14,30-36H,1,12,15-26H2,2-8H3/t30-,31?,32+,33-,34?,35-,36+,41-,42+,43+,44-/m0/s1. The fourth-order valence-corrected chi connectivity index (χ4v) is 14.5. The van der Waals surface area contributed by atoms with Gasteiger partial charge in [0.05, 0.1) is 5.41 Å². The van der Waals surface area contributed by atoms with Gasteiger partial charge >= 0.3 is 5.97 Å². The number of hydrogen-bond acceptors (Lipinski definition) is 6. The number of benzene rings is 1. The second kappa shape index (κ2) is 12.0. The highest BCUT2D eigenvalue weighted by Crippen LogP contribution is 2.78. The molecular weight excluding hydrogens is 635 g/mol. The van der Waals surface area contributed by atoms with Crippen molar-refractivity contribution in [1.82, 2.24) is 15.0 Å². The molecule has 5 aliphatic carbocycles. The van der Waals surface area contributed by atoms with Gasteiger partial charge in [0.1, 0.15) is 12.1 Å². The van der Waals surface area contributed by atoms with Crippen molar-refractivity contribution in [3.8, 4) is 11.4 Å². The molecule has 8 rings (SSSR count). The van der Waals surface area contributed by atoms with Crippen LogP contribution in [-0.4, -0.2) is 39.6 Å². The van der Waals surface area contributed by atoms with Crippen LogP contribution in [0.2, 0.25) is 0 Å². The smallest absolute Gasteiger partial charge is 0.302 e. The fraction of sp³-hybridized carbons (Fsp3) is 0.727. The molecule has 0 N–H and O–H groups in total. The second-order valence-electron chi connectivity index (χ2n) is 19.3. The van der Waals surface area contributed by atoms with E-state index >= 15 is 4.79 Å². The van der Waals surface area contributed by atoms with Crippen LogP contribution in [0.25, 0.3) is 11.4 Å². The zero-order valence-corrected chi connectivity index (χ0v) is 32.3. The van der Waals surface area contributed by atoms with Crippen LogP contribution in [0.3, 0.4) is 0 Å². The van der Waals surface area contributed by atoms with Gasteiger partial charge in [0.15, 0.2) is 0 Å². The van der Waals surface area contributed by atoms with Crippen LogP contribution in [0.1, 0.15) is 137 Å². The summed E-state index contributed by atoms with van der Waals surface area (Å²) in [6.45, 7) is 21.8. The van der Waals surface area contributed by atoms with Gasteiger partial charge in [-0.3, -0.25) is 9.59 Å². The first-order valence-electron chi connectivity index (χ1n) is 20.2. The number of ether oxygens (including phenoxy) is 1. The minimum Gasteiger partial charge on any atom is -0.462 e. The van der Waals surface area contributed by atoms with E-state index in [1.807, 2.05) is 30.3 Å². The van der Waals surface area contributed by atoms with E-state index in [0.717, 1.165) is 63.5 Å². The SMILES string of the molecule is C=C(C)[C@@H]1CC[C@]2(C(=O)N3CCC[C@@H]3c3nc(-c4ccccc4)no3)CC[C@]3(C)C(CCC4[C@@]5(C)CC[C@H](OC(C)=O)C(C)(C)[C@@H]5CC[C@]43C)[C@@H]12. The Morgan fingerprint density at radius 3 is 2.35 bits per heavy atom. The molecule has 2 heterocycles.